The molecule has 17 nitrogen and oxygen atoms in total. The number of aliphatic hydroxyl groups is 1. The third-order valence-electron chi connectivity index (χ3n) is 11.5. The minimum Gasteiger partial charge on any atom is -0.381 e. The molecular weight excluding hydrogens is 708 g/mol. The molecule has 7 rings (SSSR count). The van der Waals surface area contributed by atoms with Gasteiger partial charge in [-0.05, 0) is 63.5 Å². The van der Waals surface area contributed by atoms with Crippen molar-refractivity contribution in [2.45, 2.75) is 114 Å². The summed E-state index contributed by atoms with van der Waals surface area (Å²) in [5.74, 6) is -3.92. The van der Waals surface area contributed by atoms with Gasteiger partial charge in [-0.2, -0.15) is 5.10 Å². The smallest absolute Gasteiger partial charge is 0.265 e. The Hall–Kier alpha value is -4.32. The van der Waals surface area contributed by atoms with Crippen LogP contribution in [0, 0.1) is 5.92 Å². The molecule has 1 aromatic carbocycles. The van der Waals surface area contributed by atoms with E-state index in [0.29, 0.717) is 61.5 Å². The van der Waals surface area contributed by atoms with Crippen molar-refractivity contribution < 1.29 is 33.9 Å². The molecule has 0 radical (unpaired) electrons. The van der Waals surface area contributed by atoms with E-state index in [2.05, 4.69) is 26.6 Å². The molecule has 18 heteroatoms. The van der Waals surface area contributed by atoms with Crippen LogP contribution in [0.25, 0.3) is 0 Å². The lowest BCUT2D eigenvalue weighted by molar-refractivity contribution is -0.164. The van der Waals surface area contributed by atoms with Crippen molar-refractivity contribution in [3.8, 4) is 0 Å². The van der Waals surface area contributed by atoms with Crippen molar-refractivity contribution in [1.29, 1.82) is 0 Å². The second-order valence-corrected chi connectivity index (χ2v) is 15.5. The number of rotatable bonds is 1. The molecule has 286 valence electrons. The van der Waals surface area contributed by atoms with E-state index in [1.54, 1.807) is 32.0 Å². The fourth-order valence-electron chi connectivity index (χ4n) is 8.47. The van der Waals surface area contributed by atoms with E-state index < -0.39 is 89.4 Å². The van der Waals surface area contributed by atoms with E-state index in [-0.39, 0.29) is 12.8 Å². The van der Waals surface area contributed by atoms with Crippen LogP contribution in [0.2, 0.25) is 5.02 Å². The minimum absolute atomic E-state index is 0.164. The van der Waals surface area contributed by atoms with Gasteiger partial charge in [0.25, 0.3) is 17.7 Å². The van der Waals surface area contributed by atoms with Gasteiger partial charge in [0.2, 0.25) is 17.7 Å². The summed E-state index contributed by atoms with van der Waals surface area (Å²) in [7, 11) is 1.47. The zero-order valence-electron chi connectivity index (χ0n) is 30.3. The van der Waals surface area contributed by atoms with Gasteiger partial charge in [0.05, 0.1) is 0 Å². The fraction of sp³-hybridized carbons (Fsp3) is 0.629. The third kappa shape index (κ3) is 6.20. The molecule has 0 spiro atoms. The number of benzene rings is 1. The molecule has 4 fully saturated rings. The Balaban J connectivity index is 1.33. The highest BCUT2D eigenvalue weighted by Crippen LogP contribution is 2.50. The van der Waals surface area contributed by atoms with Crippen molar-refractivity contribution in [2.75, 3.05) is 25.5 Å². The third-order valence-corrected chi connectivity index (χ3v) is 11.7. The minimum atomic E-state index is -1.73. The average molecular weight is 755 g/mol. The molecule has 1 aromatic rings. The predicted molar refractivity (Wildman–Crippen MR) is 191 cm³/mol. The van der Waals surface area contributed by atoms with Gasteiger partial charge in [-0.25, -0.2) is 15.9 Å². The standard InChI is InChI=1S/C35H47ClN10O7/c1-18(2)27-33(52)46-25(10-7-15-39-46)32(51)45-23(8-5-14-38-45)30(49)42(4)19(3)29(48)44-24(9-6-13-37-44)31(50)43-26(28(47)41-27)17-35(53)21-12-11-20(36)16-22(21)40-34(35)43/h11-13,16,18-19,23-27,34,38-40,53H,5-10,14-15,17H2,1-4H3,(H,41,47). The zero-order chi connectivity index (χ0) is 37.9. The van der Waals surface area contributed by atoms with Crippen LogP contribution in [-0.2, 0) is 34.4 Å². The Kier molecular flexibility index (Phi) is 9.88. The Morgan fingerprint density at radius 3 is 2.19 bits per heavy atom. The first-order chi connectivity index (χ1) is 25.2. The Morgan fingerprint density at radius 1 is 0.849 bits per heavy atom. The molecule has 0 bridgehead atoms. The van der Waals surface area contributed by atoms with Crippen molar-refractivity contribution in [3.05, 3.63) is 28.8 Å². The summed E-state index contributed by atoms with van der Waals surface area (Å²) in [6, 6.07) is -1.78. The van der Waals surface area contributed by atoms with Gasteiger partial charge in [0, 0.05) is 49.0 Å². The van der Waals surface area contributed by atoms with E-state index in [1.807, 2.05) is 0 Å². The second kappa shape index (κ2) is 14.2. The van der Waals surface area contributed by atoms with Crippen LogP contribution in [0.4, 0.5) is 5.69 Å². The summed E-state index contributed by atoms with van der Waals surface area (Å²) in [6.07, 6.45) is 2.48. The molecule has 6 heterocycles. The van der Waals surface area contributed by atoms with Gasteiger partial charge in [-0.3, -0.25) is 38.8 Å². The normalized spacial score (nSPS) is 34.1. The first kappa shape index (κ1) is 37.0. The van der Waals surface area contributed by atoms with E-state index >= 15 is 0 Å². The lowest BCUT2D eigenvalue weighted by atomic mass is 9.91. The molecule has 5 N–H and O–H groups in total. The fourth-order valence-corrected chi connectivity index (χ4v) is 8.64. The number of hydrogen-bond donors (Lipinski definition) is 5. The topological polar surface area (TPSA) is 199 Å². The van der Waals surface area contributed by atoms with Gasteiger partial charge in [-0.15, -0.1) is 0 Å². The molecule has 0 aliphatic carbocycles. The number of nitrogens with zero attached hydrogens (tertiary/aromatic N) is 6. The van der Waals surface area contributed by atoms with Crippen LogP contribution in [0.5, 0.6) is 0 Å². The maximum absolute atomic E-state index is 14.9. The molecule has 4 saturated heterocycles. The summed E-state index contributed by atoms with van der Waals surface area (Å²) >= 11 is 6.29. The van der Waals surface area contributed by atoms with Gasteiger partial charge >= 0.3 is 0 Å². The summed E-state index contributed by atoms with van der Waals surface area (Å²) in [5.41, 5.74) is 5.33. The Bertz CT molecular complexity index is 1740. The van der Waals surface area contributed by atoms with E-state index in [9.17, 15) is 33.9 Å². The number of fused-ring (bicyclic) bond motifs is 8. The van der Waals surface area contributed by atoms with Crippen molar-refractivity contribution in [2.24, 2.45) is 11.0 Å². The highest BCUT2D eigenvalue weighted by atomic mass is 35.5. The largest absolute Gasteiger partial charge is 0.381 e. The monoisotopic (exact) mass is 754 g/mol. The maximum Gasteiger partial charge on any atom is 0.265 e. The average Bonchev–Trinajstić information content (AvgIpc) is 3.61. The summed E-state index contributed by atoms with van der Waals surface area (Å²) in [4.78, 5) is 89.1. The first-order valence-corrected chi connectivity index (χ1v) is 18.8. The highest BCUT2D eigenvalue weighted by Gasteiger charge is 2.62. The number of halogens is 1. The van der Waals surface area contributed by atoms with Gasteiger partial charge in [0.15, 0.2) is 0 Å². The number of hydrazone groups is 1. The molecule has 53 heavy (non-hydrogen) atoms. The van der Waals surface area contributed by atoms with Crippen LogP contribution in [0.15, 0.2) is 23.3 Å². The van der Waals surface area contributed by atoms with Crippen molar-refractivity contribution in [3.63, 3.8) is 0 Å². The molecular formula is C35H47ClN10O7. The Morgan fingerprint density at radius 2 is 1.51 bits per heavy atom. The molecule has 6 amide bonds. The highest BCUT2D eigenvalue weighted by molar-refractivity contribution is 6.31. The molecule has 0 aromatic heterocycles. The SMILES string of the molecule is CC(C)C1NC(=O)C2CC3(O)c4ccc(Cl)cc4NC3N2C(=O)C2CCC=NN2C(=O)C(C)N(C)C(=O)C2CCCNN2C(=O)C2CCCNN2C1=O. The Labute approximate surface area is 312 Å². The number of carbonyl (C=O) groups excluding carboxylic acids is 6. The number of likely N-dealkylation sites (N-methyl/N-ethyl adjacent to an activating group) is 1. The van der Waals surface area contributed by atoms with Crippen LogP contribution < -0.4 is 21.5 Å². The molecule has 8 unspecified atom stereocenters. The quantitative estimate of drug-likeness (QED) is 0.257. The van der Waals surface area contributed by atoms with Crippen LogP contribution >= 0.6 is 11.6 Å². The lowest BCUT2D eigenvalue weighted by Gasteiger charge is -2.44. The van der Waals surface area contributed by atoms with E-state index in [1.165, 1.54) is 40.0 Å². The first-order valence-electron chi connectivity index (χ1n) is 18.4. The van der Waals surface area contributed by atoms with Crippen molar-refractivity contribution >= 4 is 58.9 Å². The molecule has 8 atom stereocenters. The summed E-state index contributed by atoms with van der Waals surface area (Å²) in [6.45, 7) is 5.89. The number of nitrogens with one attached hydrogen (secondary N) is 4. The number of hydrazine groups is 2. The number of amides is 6. The second-order valence-electron chi connectivity index (χ2n) is 15.1. The number of carbonyl (C=O) groups is 6. The van der Waals surface area contributed by atoms with E-state index in [4.69, 9.17) is 11.6 Å². The summed E-state index contributed by atoms with van der Waals surface area (Å²) in [5, 5.41) is 26.7. The van der Waals surface area contributed by atoms with E-state index in [0.717, 1.165) is 5.01 Å². The predicted octanol–water partition coefficient (Wildman–Crippen LogP) is -0.151. The molecule has 6 aliphatic rings. The maximum atomic E-state index is 14.9. The number of anilines is 1. The lowest BCUT2D eigenvalue weighted by Crippen LogP contribution is -2.69. The summed E-state index contributed by atoms with van der Waals surface area (Å²) < 4.78 is 0. The van der Waals surface area contributed by atoms with Crippen LogP contribution in [-0.4, -0.2) is 134 Å². The van der Waals surface area contributed by atoms with Gasteiger partial charge in [-0.1, -0.05) is 31.5 Å². The number of hydrogen-bond acceptors (Lipinski definition) is 11. The van der Waals surface area contributed by atoms with Crippen LogP contribution in [0.1, 0.15) is 71.3 Å². The van der Waals surface area contributed by atoms with Gasteiger partial charge in [0.1, 0.15) is 48.0 Å². The molecule has 6 aliphatic heterocycles. The van der Waals surface area contributed by atoms with Crippen LogP contribution in [0.3, 0.4) is 0 Å². The molecule has 0 saturated carbocycles. The zero-order valence-corrected chi connectivity index (χ0v) is 31.0. The van der Waals surface area contributed by atoms with Crippen molar-refractivity contribution in [1.82, 2.24) is 41.0 Å². The van der Waals surface area contributed by atoms with Gasteiger partial charge < -0.3 is 25.5 Å².